The molecule has 0 unspecified atom stereocenters. The average molecular weight is 570 g/mol. The van der Waals surface area contributed by atoms with Gasteiger partial charge in [0.05, 0.1) is 18.8 Å². The fourth-order valence-corrected chi connectivity index (χ4v) is 8.36. The second kappa shape index (κ2) is 9.76. The van der Waals surface area contributed by atoms with Crippen molar-refractivity contribution < 1.29 is 42.5 Å². The van der Waals surface area contributed by atoms with Crippen LogP contribution in [-0.2, 0) is 19.1 Å². The topological polar surface area (TPSA) is 123 Å². The van der Waals surface area contributed by atoms with E-state index in [1.54, 1.807) is 32.0 Å². The molecule has 0 bridgehead atoms. The zero-order chi connectivity index (χ0) is 30.0. The molecule has 3 fully saturated rings. The van der Waals surface area contributed by atoms with Crippen LogP contribution >= 0.6 is 0 Å². The molecule has 0 heterocycles. The van der Waals surface area contributed by atoms with Gasteiger partial charge in [-0.25, -0.2) is 18.4 Å². The normalized spacial score (nSPS) is 40.8. The highest BCUT2D eigenvalue weighted by atomic mass is 19.1. The van der Waals surface area contributed by atoms with Crippen LogP contribution in [0.25, 0.3) is 0 Å². The number of fused-ring (bicyclic) bond motifs is 5. The van der Waals surface area contributed by atoms with E-state index in [1.807, 2.05) is 0 Å². The number of aliphatic hydroxyl groups excluding tert-OH is 1. The minimum atomic E-state index is -2.37. The lowest BCUT2D eigenvalue weighted by molar-refractivity contribution is -0.230. The number of nitrogens with zero attached hydrogens (tertiary/aromatic N) is 1. The van der Waals surface area contributed by atoms with Crippen LogP contribution in [0.3, 0.4) is 0 Å². The van der Waals surface area contributed by atoms with Gasteiger partial charge in [-0.05, 0) is 74.1 Å². The molecule has 8 nitrogen and oxygen atoms in total. The highest BCUT2D eigenvalue weighted by Crippen LogP contribution is 2.71. The molecule has 0 aromatic heterocycles. The Hall–Kier alpha value is -3.58. The van der Waals surface area contributed by atoms with Crippen LogP contribution in [0.15, 0.2) is 48.1 Å². The highest BCUT2D eigenvalue weighted by molar-refractivity contribution is 6.01. The number of hydrogen-bond acceptors (Lipinski definition) is 8. The fraction of sp³-hybridized carbons (Fsp3) is 0.548. The SMILES string of the molecule is COc1ccc(C(=O)O[C@@]2(C(=O)OCC#N)[C@H](C)C[C@H]3[C@@H]4C[C@H](F)C5=CC(=O)C=C[C@]5(C)[C@@]4(F)[C@@H](O)C[C@@]32C)cc1. The number of rotatable bonds is 5. The molecule has 0 saturated heterocycles. The lowest BCUT2D eigenvalue weighted by atomic mass is 9.44. The Bertz CT molecular complexity index is 1390. The van der Waals surface area contributed by atoms with Crippen LogP contribution in [0.1, 0.15) is 50.4 Å². The second-order valence-electron chi connectivity index (χ2n) is 12.1. The van der Waals surface area contributed by atoms with Gasteiger partial charge < -0.3 is 19.3 Å². The summed E-state index contributed by atoms with van der Waals surface area (Å²) in [5.41, 5.74) is -7.24. The van der Waals surface area contributed by atoms with Crippen molar-refractivity contribution in [3.8, 4) is 11.8 Å². The number of alkyl halides is 2. The van der Waals surface area contributed by atoms with E-state index in [1.165, 1.54) is 38.3 Å². The Morgan fingerprint density at radius 1 is 1.17 bits per heavy atom. The number of ketones is 1. The van der Waals surface area contributed by atoms with Gasteiger partial charge in [-0.15, -0.1) is 0 Å². The summed E-state index contributed by atoms with van der Waals surface area (Å²) in [6, 6.07) is 7.79. The third-order valence-corrected chi connectivity index (χ3v) is 10.3. The van der Waals surface area contributed by atoms with Crippen molar-refractivity contribution in [2.75, 3.05) is 13.7 Å². The number of esters is 2. The fourth-order valence-electron chi connectivity index (χ4n) is 8.36. The monoisotopic (exact) mass is 569 g/mol. The van der Waals surface area contributed by atoms with Gasteiger partial charge in [0.15, 0.2) is 18.1 Å². The van der Waals surface area contributed by atoms with Crippen LogP contribution in [0.2, 0.25) is 0 Å². The summed E-state index contributed by atoms with van der Waals surface area (Å²) >= 11 is 0. The molecule has 3 saturated carbocycles. The van der Waals surface area contributed by atoms with E-state index in [0.29, 0.717) is 5.75 Å². The summed E-state index contributed by atoms with van der Waals surface area (Å²) < 4.78 is 49.8. The summed E-state index contributed by atoms with van der Waals surface area (Å²) in [6.45, 7) is 4.19. The van der Waals surface area contributed by atoms with Crippen LogP contribution in [0.5, 0.6) is 5.75 Å². The van der Waals surface area contributed by atoms with Gasteiger partial charge in [-0.1, -0.05) is 19.9 Å². The van der Waals surface area contributed by atoms with Crippen LogP contribution in [0.4, 0.5) is 8.78 Å². The van der Waals surface area contributed by atoms with Crippen molar-refractivity contribution in [1.82, 2.24) is 0 Å². The summed E-state index contributed by atoms with van der Waals surface area (Å²) in [5, 5.41) is 20.7. The summed E-state index contributed by atoms with van der Waals surface area (Å²) in [4.78, 5) is 39.4. The minimum Gasteiger partial charge on any atom is -0.497 e. The number of nitriles is 1. The molecule has 0 spiro atoms. The van der Waals surface area contributed by atoms with E-state index in [2.05, 4.69) is 0 Å². The third-order valence-electron chi connectivity index (χ3n) is 10.3. The molecule has 4 aliphatic rings. The van der Waals surface area contributed by atoms with E-state index >= 15 is 8.78 Å². The number of methoxy groups -OCH3 is 1. The number of ether oxygens (including phenoxy) is 3. The molecular formula is C31H33F2NO7. The van der Waals surface area contributed by atoms with Gasteiger partial charge >= 0.3 is 11.9 Å². The highest BCUT2D eigenvalue weighted by Gasteiger charge is 2.78. The van der Waals surface area contributed by atoms with Gasteiger partial charge in [0, 0.05) is 22.7 Å². The lowest BCUT2D eigenvalue weighted by Crippen LogP contribution is -2.71. The first-order valence-corrected chi connectivity index (χ1v) is 13.7. The summed E-state index contributed by atoms with van der Waals surface area (Å²) in [5.74, 6) is -4.30. The molecule has 0 radical (unpaired) electrons. The predicted molar refractivity (Wildman–Crippen MR) is 141 cm³/mol. The minimum absolute atomic E-state index is 0.0110. The van der Waals surface area contributed by atoms with Crippen molar-refractivity contribution in [2.24, 2.45) is 28.6 Å². The molecule has 1 aromatic rings. The molecule has 1 N–H and O–H groups in total. The Morgan fingerprint density at radius 2 is 1.85 bits per heavy atom. The lowest BCUT2D eigenvalue weighted by Gasteiger charge is -2.63. The molecule has 0 amide bonds. The van der Waals surface area contributed by atoms with Gasteiger partial charge in [0.2, 0.25) is 5.60 Å². The zero-order valence-corrected chi connectivity index (χ0v) is 23.4. The Morgan fingerprint density at radius 3 is 2.49 bits per heavy atom. The largest absolute Gasteiger partial charge is 0.497 e. The van der Waals surface area contributed by atoms with E-state index in [9.17, 15) is 19.5 Å². The molecular weight excluding hydrogens is 536 g/mol. The number of carbonyl (C=O) groups excluding carboxylic acids is 3. The number of carbonyl (C=O) groups is 3. The predicted octanol–water partition coefficient (Wildman–Crippen LogP) is 4.22. The maximum atomic E-state index is 17.5. The zero-order valence-electron chi connectivity index (χ0n) is 23.4. The standard InChI is InChI=1S/C31H33F2NO7/c1-17-13-21-22-15-24(32)23-14-19(35)9-10-28(23,2)30(22,33)25(36)16-29(21,3)31(17,27(38)40-12-11-34)41-26(37)18-5-7-20(39-4)8-6-18/h5-10,14,17,21-22,24-25,36H,12-13,15-16H2,1-4H3/t17-,21+,22+,24+,25+,28+,29+,30+,31-/m1/s1. The van der Waals surface area contributed by atoms with Gasteiger partial charge in [0.1, 0.15) is 18.0 Å². The summed E-state index contributed by atoms with van der Waals surface area (Å²) in [6.07, 6.45) is -0.186. The van der Waals surface area contributed by atoms with Crippen molar-refractivity contribution in [2.45, 2.75) is 63.6 Å². The molecule has 10 heteroatoms. The van der Waals surface area contributed by atoms with E-state index in [4.69, 9.17) is 19.5 Å². The number of allylic oxidation sites excluding steroid dienone is 4. The van der Waals surface area contributed by atoms with Crippen LogP contribution in [-0.4, -0.2) is 60.1 Å². The first-order chi connectivity index (χ1) is 19.3. The molecule has 41 heavy (non-hydrogen) atoms. The number of hydrogen-bond donors (Lipinski definition) is 1. The Kier molecular flexibility index (Phi) is 6.89. The maximum Gasteiger partial charge on any atom is 0.352 e. The Balaban J connectivity index is 1.61. The molecule has 0 aliphatic heterocycles. The average Bonchev–Trinajstić information content (AvgIpc) is 3.16. The van der Waals surface area contributed by atoms with E-state index < -0.39 is 76.5 Å². The Labute approximate surface area is 236 Å². The molecule has 1 aromatic carbocycles. The second-order valence-corrected chi connectivity index (χ2v) is 12.1. The smallest absolute Gasteiger partial charge is 0.352 e. The van der Waals surface area contributed by atoms with Gasteiger partial charge in [-0.2, -0.15) is 5.26 Å². The maximum absolute atomic E-state index is 17.5. The number of halogens is 2. The van der Waals surface area contributed by atoms with E-state index in [-0.39, 0.29) is 30.4 Å². The van der Waals surface area contributed by atoms with Crippen LogP contribution < -0.4 is 4.74 Å². The molecule has 9 atom stereocenters. The van der Waals surface area contributed by atoms with Crippen molar-refractivity contribution in [1.29, 1.82) is 5.26 Å². The van der Waals surface area contributed by atoms with Crippen molar-refractivity contribution >= 4 is 17.7 Å². The van der Waals surface area contributed by atoms with Crippen molar-refractivity contribution in [3.05, 3.63) is 53.6 Å². The van der Waals surface area contributed by atoms with Crippen LogP contribution in [0, 0.1) is 39.9 Å². The first-order valence-electron chi connectivity index (χ1n) is 13.7. The molecule has 4 aliphatic carbocycles. The van der Waals surface area contributed by atoms with Gasteiger partial charge in [-0.3, -0.25) is 4.79 Å². The number of aliphatic hydroxyl groups is 1. The first kappa shape index (κ1) is 28.9. The third kappa shape index (κ3) is 3.81. The van der Waals surface area contributed by atoms with Gasteiger partial charge in [0.25, 0.3) is 0 Å². The number of benzene rings is 1. The molecule has 5 rings (SSSR count). The molecule has 218 valence electrons. The quantitative estimate of drug-likeness (QED) is 0.523. The summed E-state index contributed by atoms with van der Waals surface area (Å²) in [7, 11) is 1.47. The van der Waals surface area contributed by atoms with E-state index in [0.717, 1.165) is 6.08 Å². The van der Waals surface area contributed by atoms with Crippen molar-refractivity contribution in [3.63, 3.8) is 0 Å².